The Labute approximate surface area is 168 Å². The van der Waals surface area contributed by atoms with E-state index in [1.54, 1.807) is 23.0 Å². The number of hydrogen-bond donors (Lipinski definition) is 1. The molecule has 0 bridgehead atoms. The van der Waals surface area contributed by atoms with Crippen molar-refractivity contribution in [3.8, 4) is 0 Å². The van der Waals surface area contributed by atoms with Crippen LogP contribution < -0.4 is 0 Å². The summed E-state index contributed by atoms with van der Waals surface area (Å²) < 4.78 is 7.12. The summed E-state index contributed by atoms with van der Waals surface area (Å²) in [6, 6.07) is 9.70. The normalized spacial score (nSPS) is 17.7. The Morgan fingerprint density at radius 2 is 2.03 bits per heavy atom. The Morgan fingerprint density at radius 1 is 1.24 bits per heavy atom. The van der Waals surface area contributed by atoms with Crippen LogP contribution in [0.2, 0.25) is 0 Å². The van der Waals surface area contributed by atoms with E-state index in [0.29, 0.717) is 44.1 Å². The SMILES string of the molecule is CN(C(=O)c1cnn2c1CN(C(=O)c1cc3ccccc3[nH]1)CC2)C1(C)COC1. The minimum absolute atomic E-state index is 0.0697. The number of aromatic amines is 1. The lowest BCUT2D eigenvalue weighted by molar-refractivity contribution is -0.108. The zero-order chi connectivity index (χ0) is 20.2. The predicted octanol–water partition coefficient (Wildman–Crippen LogP) is 1.88. The second kappa shape index (κ2) is 6.45. The van der Waals surface area contributed by atoms with Crippen LogP contribution in [-0.2, 0) is 17.8 Å². The molecule has 0 radical (unpaired) electrons. The van der Waals surface area contributed by atoms with Crippen molar-refractivity contribution in [2.45, 2.75) is 25.6 Å². The predicted molar refractivity (Wildman–Crippen MR) is 107 cm³/mol. The van der Waals surface area contributed by atoms with Gasteiger partial charge in [0.1, 0.15) is 5.69 Å². The summed E-state index contributed by atoms with van der Waals surface area (Å²) in [5, 5.41) is 5.39. The van der Waals surface area contributed by atoms with Crippen molar-refractivity contribution >= 4 is 22.7 Å². The highest BCUT2D eigenvalue weighted by molar-refractivity contribution is 5.99. The molecule has 0 spiro atoms. The number of hydrogen-bond acceptors (Lipinski definition) is 4. The van der Waals surface area contributed by atoms with E-state index in [9.17, 15) is 9.59 Å². The molecule has 8 nitrogen and oxygen atoms in total. The molecule has 2 amide bonds. The van der Waals surface area contributed by atoms with Gasteiger partial charge in [0, 0.05) is 24.5 Å². The molecule has 1 fully saturated rings. The molecule has 1 saturated heterocycles. The van der Waals surface area contributed by atoms with E-state index in [2.05, 4.69) is 10.1 Å². The van der Waals surface area contributed by atoms with Crippen LogP contribution in [0.4, 0.5) is 0 Å². The molecule has 1 N–H and O–H groups in total. The van der Waals surface area contributed by atoms with Gasteiger partial charge in [-0.25, -0.2) is 0 Å². The summed E-state index contributed by atoms with van der Waals surface area (Å²) in [7, 11) is 1.80. The van der Waals surface area contributed by atoms with E-state index in [-0.39, 0.29) is 17.4 Å². The number of nitrogens with zero attached hydrogens (tertiary/aromatic N) is 4. The Hall–Kier alpha value is -3.13. The molecule has 0 aliphatic carbocycles. The number of likely N-dealkylation sites (N-methyl/N-ethyl adjacent to an activating group) is 1. The first kappa shape index (κ1) is 17.9. The topological polar surface area (TPSA) is 83.5 Å². The number of H-pyrrole nitrogens is 1. The molecule has 29 heavy (non-hydrogen) atoms. The quantitative estimate of drug-likeness (QED) is 0.737. The fourth-order valence-corrected chi connectivity index (χ4v) is 3.97. The van der Waals surface area contributed by atoms with Crippen LogP contribution in [0.25, 0.3) is 10.9 Å². The second-order valence-corrected chi connectivity index (χ2v) is 8.08. The lowest BCUT2D eigenvalue weighted by Crippen LogP contribution is -2.60. The third-order valence-electron chi connectivity index (χ3n) is 6.09. The molecule has 0 atom stereocenters. The van der Waals surface area contributed by atoms with Gasteiger partial charge in [-0.2, -0.15) is 5.10 Å². The van der Waals surface area contributed by atoms with Gasteiger partial charge in [0.15, 0.2) is 0 Å². The van der Waals surface area contributed by atoms with E-state index < -0.39 is 0 Å². The van der Waals surface area contributed by atoms with Crippen LogP contribution in [0.5, 0.6) is 0 Å². The molecule has 2 aliphatic heterocycles. The van der Waals surface area contributed by atoms with Crippen molar-refractivity contribution < 1.29 is 14.3 Å². The van der Waals surface area contributed by atoms with Crippen molar-refractivity contribution in [1.82, 2.24) is 24.6 Å². The number of carbonyl (C=O) groups excluding carboxylic acids is 2. The first-order valence-corrected chi connectivity index (χ1v) is 9.74. The summed E-state index contributed by atoms with van der Waals surface area (Å²) >= 11 is 0. The largest absolute Gasteiger partial charge is 0.376 e. The van der Waals surface area contributed by atoms with Gasteiger partial charge in [-0.15, -0.1) is 0 Å². The number of carbonyl (C=O) groups is 2. The van der Waals surface area contributed by atoms with E-state index in [1.165, 1.54) is 0 Å². The number of rotatable bonds is 3. The molecule has 0 unspecified atom stereocenters. The van der Waals surface area contributed by atoms with Gasteiger partial charge in [-0.05, 0) is 19.1 Å². The van der Waals surface area contributed by atoms with Gasteiger partial charge < -0.3 is 19.5 Å². The maximum Gasteiger partial charge on any atom is 0.270 e. The Balaban J connectivity index is 1.39. The fraction of sp³-hybridized carbons (Fsp3) is 0.381. The van der Waals surface area contributed by atoms with Gasteiger partial charge in [-0.3, -0.25) is 14.3 Å². The molecule has 5 rings (SSSR count). The van der Waals surface area contributed by atoms with Gasteiger partial charge >= 0.3 is 0 Å². The molecule has 3 aromatic rings. The van der Waals surface area contributed by atoms with Crippen molar-refractivity contribution in [1.29, 1.82) is 0 Å². The highest BCUT2D eigenvalue weighted by Gasteiger charge is 2.41. The molecule has 0 saturated carbocycles. The Morgan fingerprint density at radius 3 is 2.76 bits per heavy atom. The lowest BCUT2D eigenvalue weighted by atomic mass is 9.97. The van der Waals surface area contributed by atoms with Crippen LogP contribution in [-0.4, -0.2) is 68.7 Å². The number of ether oxygens (including phenoxy) is 1. The van der Waals surface area contributed by atoms with E-state index in [4.69, 9.17) is 4.74 Å². The minimum atomic E-state index is -0.291. The minimum Gasteiger partial charge on any atom is -0.376 e. The third kappa shape index (κ3) is 2.82. The molecule has 2 aromatic heterocycles. The zero-order valence-electron chi connectivity index (χ0n) is 16.5. The lowest BCUT2D eigenvalue weighted by Gasteiger charge is -2.45. The monoisotopic (exact) mass is 393 g/mol. The van der Waals surface area contributed by atoms with Gasteiger partial charge in [0.25, 0.3) is 11.8 Å². The van der Waals surface area contributed by atoms with Crippen molar-refractivity contribution in [3.63, 3.8) is 0 Å². The van der Waals surface area contributed by atoms with Crippen LogP contribution in [0.1, 0.15) is 33.5 Å². The van der Waals surface area contributed by atoms with Crippen LogP contribution in [0.15, 0.2) is 36.5 Å². The summed E-state index contributed by atoms with van der Waals surface area (Å²) in [5.74, 6) is -0.156. The second-order valence-electron chi connectivity index (χ2n) is 8.08. The molecule has 1 aromatic carbocycles. The standard InChI is InChI=1S/C21H23N5O3/c1-21(12-29-13-21)24(2)19(27)15-10-22-26-8-7-25(11-18(15)26)20(28)17-9-14-5-3-4-6-16(14)23-17/h3-6,9-10,23H,7-8,11-13H2,1-2H3. The molecule has 2 aliphatic rings. The number of benzene rings is 1. The van der Waals surface area contributed by atoms with Gasteiger partial charge in [-0.1, -0.05) is 18.2 Å². The van der Waals surface area contributed by atoms with Crippen LogP contribution >= 0.6 is 0 Å². The van der Waals surface area contributed by atoms with Gasteiger partial charge in [0.05, 0.1) is 49.3 Å². The summed E-state index contributed by atoms with van der Waals surface area (Å²) in [5.41, 5.74) is 2.53. The van der Waals surface area contributed by atoms with Crippen molar-refractivity contribution in [3.05, 3.63) is 53.5 Å². The maximum absolute atomic E-state index is 13.1. The smallest absolute Gasteiger partial charge is 0.270 e. The van der Waals surface area contributed by atoms with Crippen molar-refractivity contribution in [2.75, 3.05) is 26.8 Å². The van der Waals surface area contributed by atoms with Crippen LogP contribution in [0, 0.1) is 0 Å². The fourth-order valence-electron chi connectivity index (χ4n) is 3.97. The summed E-state index contributed by atoms with van der Waals surface area (Å²) in [6.45, 7) is 4.55. The van der Waals surface area contributed by atoms with Gasteiger partial charge in [0.2, 0.25) is 0 Å². The molecular weight excluding hydrogens is 370 g/mol. The average Bonchev–Trinajstić information content (AvgIpc) is 3.33. The van der Waals surface area contributed by atoms with E-state index >= 15 is 0 Å². The maximum atomic E-state index is 13.1. The van der Waals surface area contributed by atoms with Crippen molar-refractivity contribution in [2.24, 2.45) is 0 Å². The highest BCUT2D eigenvalue weighted by atomic mass is 16.5. The zero-order valence-corrected chi connectivity index (χ0v) is 16.5. The number of amides is 2. The Kier molecular flexibility index (Phi) is 3.99. The molecule has 8 heteroatoms. The number of nitrogens with one attached hydrogen (secondary N) is 1. The number of fused-ring (bicyclic) bond motifs is 2. The summed E-state index contributed by atoms with van der Waals surface area (Å²) in [6.07, 6.45) is 1.62. The molecule has 150 valence electrons. The van der Waals surface area contributed by atoms with E-state index in [0.717, 1.165) is 16.6 Å². The first-order valence-electron chi connectivity index (χ1n) is 9.74. The van der Waals surface area contributed by atoms with Crippen LogP contribution in [0.3, 0.4) is 0 Å². The molecular formula is C21H23N5O3. The number of para-hydroxylation sites is 1. The average molecular weight is 393 g/mol. The first-order chi connectivity index (χ1) is 14.0. The third-order valence-corrected chi connectivity index (χ3v) is 6.09. The van der Waals surface area contributed by atoms with E-state index in [1.807, 2.05) is 41.9 Å². The summed E-state index contributed by atoms with van der Waals surface area (Å²) in [4.78, 5) is 32.9. The molecule has 4 heterocycles. The Bertz CT molecular complexity index is 1080. The highest BCUT2D eigenvalue weighted by Crippen LogP contribution is 2.27. The number of aromatic nitrogens is 3.